The number of benzene rings is 2. The maximum atomic E-state index is 13.0. The molecule has 0 saturated carbocycles. The summed E-state index contributed by atoms with van der Waals surface area (Å²) in [7, 11) is 0. The van der Waals surface area contributed by atoms with Crippen molar-refractivity contribution in [3.05, 3.63) is 65.5 Å². The van der Waals surface area contributed by atoms with Crippen LogP contribution in [-0.4, -0.2) is 18.4 Å². The molecular formula is C17H17FN2O2. The van der Waals surface area contributed by atoms with Crippen LogP contribution < -0.4 is 10.6 Å². The fraction of sp³-hybridized carbons (Fsp3) is 0.176. The number of aryl methyl sites for hydroxylation is 1. The lowest BCUT2D eigenvalue weighted by atomic mass is 10.1. The average Bonchev–Trinajstić information content (AvgIpc) is 2.48. The van der Waals surface area contributed by atoms with Gasteiger partial charge < -0.3 is 10.6 Å². The summed E-state index contributed by atoms with van der Waals surface area (Å²) in [6, 6.07) is 13.2. The topological polar surface area (TPSA) is 58.2 Å². The van der Waals surface area contributed by atoms with Crippen LogP contribution in [0, 0.1) is 12.7 Å². The van der Waals surface area contributed by atoms with Gasteiger partial charge in [0, 0.05) is 5.69 Å². The van der Waals surface area contributed by atoms with Crippen molar-refractivity contribution in [2.45, 2.75) is 13.3 Å². The van der Waals surface area contributed by atoms with Crippen LogP contribution in [0.15, 0.2) is 48.5 Å². The van der Waals surface area contributed by atoms with Gasteiger partial charge in [0.15, 0.2) is 0 Å². The largest absolute Gasteiger partial charge is 0.347 e. The zero-order valence-corrected chi connectivity index (χ0v) is 12.2. The van der Waals surface area contributed by atoms with Crippen molar-refractivity contribution in [2.75, 3.05) is 11.9 Å². The molecule has 2 amide bonds. The minimum absolute atomic E-state index is 0.152. The quantitative estimate of drug-likeness (QED) is 0.891. The molecule has 22 heavy (non-hydrogen) atoms. The van der Waals surface area contributed by atoms with Crippen LogP contribution in [0.4, 0.5) is 10.1 Å². The van der Waals surface area contributed by atoms with Crippen LogP contribution in [0.1, 0.15) is 11.1 Å². The Morgan fingerprint density at radius 2 is 1.82 bits per heavy atom. The van der Waals surface area contributed by atoms with Crippen molar-refractivity contribution in [3.63, 3.8) is 0 Å². The predicted octanol–water partition coefficient (Wildman–Crippen LogP) is 2.43. The molecule has 0 aliphatic rings. The summed E-state index contributed by atoms with van der Waals surface area (Å²) in [6.45, 7) is 1.78. The first kappa shape index (κ1) is 15.7. The van der Waals surface area contributed by atoms with Crippen molar-refractivity contribution in [3.8, 4) is 0 Å². The highest BCUT2D eigenvalue weighted by molar-refractivity contribution is 5.94. The van der Waals surface area contributed by atoms with Gasteiger partial charge >= 0.3 is 0 Å². The zero-order chi connectivity index (χ0) is 15.9. The second-order valence-electron chi connectivity index (χ2n) is 4.94. The minimum Gasteiger partial charge on any atom is -0.347 e. The molecule has 0 radical (unpaired) electrons. The van der Waals surface area contributed by atoms with E-state index in [0.717, 1.165) is 11.1 Å². The van der Waals surface area contributed by atoms with E-state index in [1.54, 1.807) is 6.07 Å². The molecule has 0 aromatic heterocycles. The molecule has 0 unspecified atom stereocenters. The number of amides is 2. The van der Waals surface area contributed by atoms with Gasteiger partial charge in [0.05, 0.1) is 13.0 Å². The Hall–Kier alpha value is -2.69. The van der Waals surface area contributed by atoms with Gasteiger partial charge in [-0.3, -0.25) is 9.59 Å². The summed E-state index contributed by atoms with van der Waals surface area (Å²) >= 11 is 0. The minimum atomic E-state index is -0.429. The Morgan fingerprint density at radius 1 is 1.05 bits per heavy atom. The van der Waals surface area contributed by atoms with E-state index in [-0.39, 0.29) is 18.9 Å². The lowest BCUT2D eigenvalue weighted by Gasteiger charge is -2.08. The number of carbonyl (C=O) groups is 2. The van der Waals surface area contributed by atoms with E-state index in [2.05, 4.69) is 10.6 Å². The van der Waals surface area contributed by atoms with Gasteiger partial charge in [-0.15, -0.1) is 0 Å². The lowest BCUT2D eigenvalue weighted by Crippen LogP contribution is -2.33. The van der Waals surface area contributed by atoms with Crippen LogP contribution >= 0.6 is 0 Å². The first-order chi connectivity index (χ1) is 10.5. The van der Waals surface area contributed by atoms with Crippen molar-refractivity contribution in [2.24, 2.45) is 0 Å². The number of carbonyl (C=O) groups excluding carboxylic acids is 2. The third kappa shape index (κ3) is 4.70. The monoisotopic (exact) mass is 300 g/mol. The molecule has 0 heterocycles. The first-order valence-electron chi connectivity index (χ1n) is 6.91. The van der Waals surface area contributed by atoms with Crippen LogP contribution in [0.2, 0.25) is 0 Å². The van der Waals surface area contributed by atoms with E-state index in [1.165, 1.54) is 18.2 Å². The lowest BCUT2D eigenvalue weighted by molar-refractivity contribution is -0.123. The fourth-order valence-electron chi connectivity index (χ4n) is 1.99. The molecule has 2 N–H and O–H groups in total. The maximum Gasteiger partial charge on any atom is 0.243 e. The fourth-order valence-corrected chi connectivity index (χ4v) is 1.99. The van der Waals surface area contributed by atoms with Crippen LogP contribution in [0.5, 0.6) is 0 Å². The van der Waals surface area contributed by atoms with Crippen LogP contribution in [0.3, 0.4) is 0 Å². The maximum absolute atomic E-state index is 13.0. The second kappa shape index (κ2) is 7.36. The van der Waals surface area contributed by atoms with Crippen molar-refractivity contribution < 1.29 is 14.0 Å². The molecule has 0 fully saturated rings. The van der Waals surface area contributed by atoms with E-state index in [1.807, 2.05) is 31.2 Å². The summed E-state index contributed by atoms with van der Waals surface area (Å²) in [5.41, 5.74) is 2.31. The summed E-state index contributed by atoms with van der Waals surface area (Å²) in [5.74, 6) is -1.06. The summed E-state index contributed by atoms with van der Waals surface area (Å²) in [5, 5.41) is 5.07. The molecule has 0 saturated heterocycles. The second-order valence-corrected chi connectivity index (χ2v) is 4.94. The Bertz CT molecular complexity index is 686. The van der Waals surface area contributed by atoms with Gasteiger partial charge in [-0.2, -0.15) is 0 Å². The summed E-state index contributed by atoms with van der Waals surface area (Å²) < 4.78 is 13.0. The zero-order valence-electron chi connectivity index (χ0n) is 12.2. The molecule has 2 aromatic carbocycles. The molecule has 5 heteroatoms. The molecule has 2 rings (SSSR count). The third-order valence-electron chi connectivity index (χ3n) is 3.17. The molecular weight excluding hydrogens is 283 g/mol. The van der Waals surface area contributed by atoms with Crippen LogP contribution in [-0.2, 0) is 16.0 Å². The van der Waals surface area contributed by atoms with E-state index in [0.29, 0.717) is 5.69 Å². The van der Waals surface area contributed by atoms with E-state index in [9.17, 15) is 14.0 Å². The van der Waals surface area contributed by atoms with Crippen molar-refractivity contribution >= 4 is 17.5 Å². The highest BCUT2D eigenvalue weighted by atomic mass is 19.1. The SMILES string of the molecule is Cc1ccccc1CC(=O)NCC(=O)Nc1cccc(F)c1. The van der Waals surface area contributed by atoms with E-state index >= 15 is 0 Å². The molecule has 0 spiro atoms. The standard InChI is InChI=1S/C17H17FN2O2/c1-12-5-2-3-6-13(12)9-16(21)19-11-17(22)20-15-8-4-7-14(18)10-15/h2-8,10H,9,11H2,1H3,(H,19,21)(H,20,22). The van der Waals surface area contributed by atoms with Gasteiger partial charge in [0.1, 0.15) is 5.82 Å². The average molecular weight is 300 g/mol. The molecule has 0 aliphatic heterocycles. The van der Waals surface area contributed by atoms with E-state index < -0.39 is 11.7 Å². The Labute approximate surface area is 128 Å². The predicted molar refractivity (Wildman–Crippen MR) is 82.9 cm³/mol. The summed E-state index contributed by atoms with van der Waals surface area (Å²) in [4.78, 5) is 23.5. The number of hydrogen-bond donors (Lipinski definition) is 2. The van der Waals surface area contributed by atoms with Gasteiger partial charge in [-0.25, -0.2) is 4.39 Å². The number of rotatable bonds is 5. The Morgan fingerprint density at radius 3 is 2.55 bits per heavy atom. The van der Waals surface area contributed by atoms with Crippen molar-refractivity contribution in [1.82, 2.24) is 5.32 Å². The first-order valence-corrected chi connectivity index (χ1v) is 6.91. The van der Waals surface area contributed by atoms with Gasteiger partial charge in [-0.1, -0.05) is 30.3 Å². The third-order valence-corrected chi connectivity index (χ3v) is 3.17. The molecule has 0 atom stereocenters. The Kier molecular flexibility index (Phi) is 5.25. The highest BCUT2D eigenvalue weighted by Gasteiger charge is 2.08. The number of hydrogen-bond acceptors (Lipinski definition) is 2. The van der Waals surface area contributed by atoms with Crippen molar-refractivity contribution in [1.29, 1.82) is 0 Å². The van der Waals surface area contributed by atoms with Gasteiger partial charge in [0.25, 0.3) is 0 Å². The molecule has 0 aliphatic carbocycles. The molecule has 0 bridgehead atoms. The Balaban J connectivity index is 1.81. The number of nitrogens with one attached hydrogen (secondary N) is 2. The van der Waals surface area contributed by atoms with Gasteiger partial charge in [0.2, 0.25) is 11.8 Å². The van der Waals surface area contributed by atoms with Gasteiger partial charge in [-0.05, 0) is 36.2 Å². The summed E-state index contributed by atoms with van der Waals surface area (Å²) in [6.07, 6.45) is 0.222. The van der Waals surface area contributed by atoms with E-state index in [4.69, 9.17) is 0 Å². The molecule has 2 aromatic rings. The number of anilines is 1. The molecule has 4 nitrogen and oxygen atoms in total. The highest BCUT2D eigenvalue weighted by Crippen LogP contribution is 2.09. The van der Waals surface area contributed by atoms with Crippen LogP contribution in [0.25, 0.3) is 0 Å². The smallest absolute Gasteiger partial charge is 0.243 e. The normalized spacial score (nSPS) is 10.1. The molecule has 114 valence electrons. The number of halogens is 1.